The van der Waals surface area contributed by atoms with Crippen LogP contribution in [0.4, 0.5) is 0 Å². The topological polar surface area (TPSA) is 44.8 Å². The van der Waals surface area contributed by atoms with E-state index in [1.807, 2.05) is 36.4 Å². The van der Waals surface area contributed by atoms with E-state index in [0.717, 1.165) is 5.56 Å². The molecule has 25 heavy (non-hydrogen) atoms. The predicted octanol–water partition coefficient (Wildman–Crippen LogP) is 3.83. The zero-order valence-electron chi connectivity index (χ0n) is 13.8. The molecule has 4 nitrogen and oxygen atoms in total. The maximum atomic E-state index is 12.2. The predicted molar refractivity (Wildman–Crippen MR) is 95.7 cm³/mol. The van der Waals surface area contributed by atoms with Gasteiger partial charge in [-0.15, -0.1) is 11.6 Å². The first-order valence-electron chi connectivity index (χ1n) is 8.37. The number of alkyl halides is 1. The molecule has 1 fully saturated rings. The summed E-state index contributed by atoms with van der Waals surface area (Å²) >= 11 is 6.48. The summed E-state index contributed by atoms with van der Waals surface area (Å²) in [5.74, 6) is -0.359. The number of hydrogen-bond acceptors (Lipinski definition) is 4. The molecule has 0 radical (unpaired) electrons. The van der Waals surface area contributed by atoms with Crippen molar-refractivity contribution in [3.63, 3.8) is 0 Å². The maximum Gasteiger partial charge on any atom is 0.338 e. The van der Waals surface area contributed by atoms with Crippen LogP contribution in [0.25, 0.3) is 0 Å². The van der Waals surface area contributed by atoms with Gasteiger partial charge in [0.2, 0.25) is 0 Å². The lowest BCUT2D eigenvalue weighted by molar-refractivity contribution is -0.0829. The SMILES string of the molecule is O=C(O[C@@H]1CCO[C@H](COCc2ccccc2)[C@@H]1Cl)c1ccccc1. The van der Waals surface area contributed by atoms with Gasteiger partial charge in [0.1, 0.15) is 12.2 Å². The summed E-state index contributed by atoms with van der Waals surface area (Å²) in [5, 5.41) is -0.433. The normalized spacial score (nSPS) is 23.2. The summed E-state index contributed by atoms with van der Waals surface area (Å²) in [5.41, 5.74) is 1.62. The molecular weight excluding hydrogens is 340 g/mol. The van der Waals surface area contributed by atoms with E-state index in [4.69, 9.17) is 25.8 Å². The first-order valence-corrected chi connectivity index (χ1v) is 8.81. The van der Waals surface area contributed by atoms with E-state index in [-0.39, 0.29) is 18.2 Å². The number of carbonyl (C=O) groups excluding carboxylic acids is 1. The van der Waals surface area contributed by atoms with Crippen LogP contribution in [0.15, 0.2) is 60.7 Å². The molecule has 0 N–H and O–H groups in total. The van der Waals surface area contributed by atoms with Crippen LogP contribution in [0.3, 0.4) is 0 Å². The molecule has 0 unspecified atom stereocenters. The lowest BCUT2D eigenvalue weighted by Gasteiger charge is -2.33. The first kappa shape index (κ1) is 17.9. The van der Waals surface area contributed by atoms with Gasteiger partial charge in [-0.2, -0.15) is 0 Å². The van der Waals surface area contributed by atoms with Gasteiger partial charge >= 0.3 is 5.97 Å². The molecule has 1 heterocycles. The number of esters is 1. The molecule has 2 aromatic rings. The molecule has 0 bridgehead atoms. The third kappa shape index (κ3) is 5.05. The van der Waals surface area contributed by atoms with Crippen LogP contribution in [-0.4, -0.2) is 36.8 Å². The van der Waals surface area contributed by atoms with Gasteiger partial charge in [0.25, 0.3) is 0 Å². The molecule has 1 aliphatic rings. The van der Waals surface area contributed by atoms with Crippen molar-refractivity contribution in [1.29, 1.82) is 0 Å². The van der Waals surface area contributed by atoms with Crippen molar-refractivity contribution in [2.24, 2.45) is 0 Å². The van der Waals surface area contributed by atoms with Crippen LogP contribution in [0.2, 0.25) is 0 Å². The van der Waals surface area contributed by atoms with E-state index in [1.165, 1.54) is 0 Å². The summed E-state index contributed by atoms with van der Waals surface area (Å²) in [6.07, 6.45) is -0.0942. The number of carbonyl (C=O) groups is 1. The Balaban J connectivity index is 1.50. The molecule has 2 aromatic carbocycles. The number of hydrogen-bond donors (Lipinski definition) is 0. The van der Waals surface area contributed by atoms with Crippen molar-refractivity contribution < 1.29 is 19.0 Å². The van der Waals surface area contributed by atoms with Gasteiger partial charge in [0.15, 0.2) is 0 Å². The molecule has 132 valence electrons. The van der Waals surface area contributed by atoms with Crippen LogP contribution in [-0.2, 0) is 20.8 Å². The molecule has 0 aliphatic carbocycles. The summed E-state index contributed by atoms with van der Waals surface area (Å²) in [4.78, 5) is 12.2. The van der Waals surface area contributed by atoms with Crippen molar-refractivity contribution in [2.45, 2.75) is 30.6 Å². The highest BCUT2D eigenvalue weighted by Gasteiger charge is 2.35. The minimum Gasteiger partial charge on any atom is -0.457 e. The number of benzene rings is 2. The number of ether oxygens (including phenoxy) is 3. The van der Waals surface area contributed by atoms with Crippen molar-refractivity contribution >= 4 is 17.6 Å². The third-order valence-corrected chi connectivity index (χ3v) is 4.67. The summed E-state index contributed by atoms with van der Waals surface area (Å²) < 4.78 is 17.0. The Morgan fingerprint density at radius 2 is 1.76 bits per heavy atom. The smallest absolute Gasteiger partial charge is 0.338 e. The van der Waals surface area contributed by atoms with E-state index < -0.39 is 5.38 Å². The van der Waals surface area contributed by atoms with E-state index in [1.54, 1.807) is 24.3 Å². The highest BCUT2D eigenvalue weighted by molar-refractivity contribution is 6.21. The van der Waals surface area contributed by atoms with Gasteiger partial charge in [0, 0.05) is 6.42 Å². The van der Waals surface area contributed by atoms with Crippen molar-refractivity contribution in [3.05, 3.63) is 71.8 Å². The zero-order valence-corrected chi connectivity index (χ0v) is 14.6. The second kappa shape index (κ2) is 8.99. The van der Waals surface area contributed by atoms with Gasteiger partial charge in [-0.3, -0.25) is 0 Å². The Hall–Kier alpha value is -1.88. The quantitative estimate of drug-likeness (QED) is 0.580. The van der Waals surface area contributed by atoms with Crippen LogP contribution < -0.4 is 0 Å². The summed E-state index contributed by atoms with van der Waals surface area (Å²) in [6, 6.07) is 18.8. The molecule has 5 heteroatoms. The second-order valence-corrected chi connectivity index (χ2v) is 6.46. The molecule has 1 saturated heterocycles. The molecule has 3 atom stereocenters. The highest BCUT2D eigenvalue weighted by Crippen LogP contribution is 2.24. The Morgan fingerprint density at radius 1 is 1.08 bits per heavy atom. The van der Waals surface area contributed by atoms with Crippen LogP contribution in [0.5, 0.6) is 0 Å². The average Bonchev–Trinajstić information content (AvgIpc) is 2.66. The van der Waals surface area contributed by atoms with Gasteiger partial charge in [-0.05, 0) is 17.7 Å². The molecule has 0 aromatic heterocycles. The zero-order chi connectivity index (χ0) is 17.5. The van der Waals surface area contributed by atoms with Crippen molar-refractivity contribution in [3.8, 4) is 0 Å². The van der Waals surface area contributed by atoms with Crippen molar-refractivity contribution in [1.82, 2.24) is 0 Å². The second-order valence-electron chi connectivity index (χ2n) is 5.95. The number of halogens is 1. The van der Waals surface area contributed by atoms with Crippen molar-refractivity contribution in [2.75, 3.05) is 13.2 Å². The first-order chi connectivity index (χ1) is 12.2. The molecule has 0 saturated carbocycles. The maximum absolute atomic E-state index is 12.2. The highest BCUT2D eigenvalue weighted by atomic mass is 35.5. The Labute approximate surface area is 152 Å². The molecule has 3 rings (SSSR count). The fourth-order valence-corrected chi connectivity index (χ4v) is 3.06. The van der Waals surface area contributed by atoms with Crippen LogP contribution in [0, 0.1) is 0 Å². The largest absolute Gasteiger partial charge is 0.457 e. The molecule has 0 spiro atoms. The Bertz CT molecular complexity index is 662. The van der Waals surface area contributed by atoms with E-state index in [9.17, 15) is 4.79 Å². The Morgan fingerprint density at radius 3 is 2.48 bits per heavy atom. The summed E-state index contributed by atoms with van der Waals surface area (Å²) in [7, 11) is 0. The standard InChI is InChI=1S/C20H21ClO4/c21-19-17(25-20(22)16-9-5-2-6-10-16)11-12-24-18(19)14-23-13-15-7-3-1-4-8-15/h1-10,17-19H,11-14H2/t17-,18-,19-/m1/s1. The average molecular weight is 361 g/mol. The minimum absolute atomic E-state index is 0.298. The van der Waals surface area contributed by atoms with Gasteiger partial charge in [0.05, 0.1) is 30.8 Å². The van der Waals surface area contributed by atoms with Crippen LogP contribution in [0.1, 0.15) is 22.3 Å². The third-order valence-electron chi connectivity index (χ3n) is 4.11. The van der Waals surface area contributed by atoms with E-state index >= 15 is 0 Å². The fourth-order valence-electron chi connectivity index (χ4n) is 2.74. The summed E-state index contributed by atoms with van der Waals surface area (Å²) in [6.45, 7) is 1.36. The lowest BCUT2D eigenvalue weighted by Crippen LogP contribution is -2.45. The molecular formula is C20H21ClO4. The number of rotatable bonds is 6. The Kier molecular flexibility index (Phi) is 6.45. The monoisotopic (exact) mass is 360 g/mol. The van der Waals surface area contributed by atoms with Gasteiger partial charge < -0.3 is 14.2 Å². The van der Waals surface area contributed by atoms with E-state index in [0.29, 0.717) is 31.8 Å². The minimum atomic E-state index is -0.433. The van der Waals surface area contributed by atoms with Crippen LogP contribution >= 0.6 is 11.6 Å². The molecule has 1 aliphatic heterocycles. The van der Waals surface area contributed by atoms with E-state index in [2.05, 4.69) is 0 Å². The molecule has 0 amide bonds. The van der Waals surface area contributed by atoms with Gasteiger partial charge in [-0.25, -0.2) is 4.79 Å². The fraction of sp³-hybridized carbons (Fsp3) is 0.350. The van der Waals surface area contributed by atoms with Gasteiger partial charge in [-0.1, -0.05) is 48.5 Å². The lowest BCUT2D eigenvalue weighted by atomic mass is 10.1.